The van der Waals surface area contributed by atoms with Crippen molar-refractivity contribution in [2.24, 2.45) is 5.73 Å². The van der Waals surface area contributed by atoms with Crippen molar-refractivity contribution in [3.8, 4) is 0 Å². The van der Waals surface area contributed by atoms with Crippen LogP contribution in [-0.4, -0.2) is 21.7 Å². The Labute approximate surface area is 87.2 Å². The average Bonchev–Trinajstić information content (AvgIpc) is 2.49. The van der Waals surface area contributed by atoms with E-state index >= 15 is 0 Å². The maximum Gasteiger partial charge on any atom is 0.435 e. The van der Waals surface area contributed by atoms with Crippen LogP contribution in [0.25, 0.3) is 0 Å². The van der Waals surface area contributed by atoms with E-state index in [1.807, 2.05) is 0 Å². The summed E-state index contributed by atoms with van der Waals surface area (Å²) in [5.41, 5.74) is 3.53. The molecule has 0 unspecified atom stereocenters. The number of imide groups is 1. The topological polar surface area (TPSA) is 90.0 Å². The van der Waals surface area contributed by atoms with Gasteiger partial charge in [-0.25, -0.2) is 4.79 Å². The molecular weight excluding hydrogens is 229 g/mol. The second-order valence-corrected chi connectivity index (χ2v) is 2.81. The largest absolute Gasteiger partial charge is 0.435 e. The van der Waals surface area contributed by atoms with E-state index in [4.69, 9.17) is 0 Å². The van der Waals surface area contributed by atoms with E-state index in [0.717, 1.165) is 16.9 Å². The molecule has 0 aromatic carbocycles. The Morgan fingerprint density at radius 2 is 2.12 bits per heavy atom. The fourth-order valence-corrected chi connectivity index (χ4v) is 0.925. The summed E-state index contributed by atoms with van der Waals surface area (Å²) in [4.78, 5) is 21.2. The first-order chi connectivity index (χ1) is 7.29. The van der Waals surface area contributed by atoms with E-state index in [-0.39, 0.29) is 0 Å². The van der Waals surface area contributed by atoms with Crippen LogP contribution in [0, 0.1) is 0 Å². The standard InChI is InChI=1S/C7H7F3N4O2/c8-7(9,10)4-1-2-14(13-4)3-5(15)12-6(11)16/h1-2H,3H2,(H3,11,12,15,16). The van der Waals surface area contributed by atoms with Gasteiger partial charge in [0.1, 0.15) is 6.54 Å². The van der Waals surface area contributed by atoms with E-state index in [0.29, 0.717) is 0 Å². The Hall–Kier alpha value is -2.06. The number of alkyl halides is 3. The molecule has 0 aliphatic rings. The molecule has 1 heterocycles. The molecule has 0 saturated carbocycles. The molecule has 3 amide bonds. The van der Waals surface area contributed by atoms with Crippen LogP contribution in [-0.2, 0) is 17.5 Å². The molecule has 0 saturated heterocycles. The fraction of sp³-hybridized carbons (Fsp3) is 0.286. The van der Waals surface area contributed by atoms with Crippen molar-refractivity contribution < 1.29 is 22.8 Å². The predicted octanol–water partition coefficient (Wildman–Crippen LogP) is 0.0968. The second kappa shape index (κ2) is 4.21. The second-order valence-electron chi connectivity index (χ2n) is 2.81. The minimum atomic E-state index is -4.56. The number of rotatable bonds is 2. The highest BCUT2D eigenvalue weighted by Gasteiger charge is 2.33. The Morgan fingerprint density at radius 3 is 2.56 bits per heavy atom. The van der Waals surface area contributed by atoms with Crippen molar-refractivity contribution in [1.29, 1.82) is 0 Å². The summed E-state index contributed by atoms with van der Waals surface area (Å²) in [6.45, 7) is -0.515. The number of carbonyl (C=O) groups excluding carboxylic acids is 2. The van der Waals surface area contributed by atoms with E-state index in [1.165, 1.54) is 0 Å². The van der Waals surface area contributed by atoms with Gasteiger partial charge in [0.2, 0.25) is 5.91 Å². The molecule has 0 atom stereocenters. The zero-order chi connectivity index (χ0) is 12.3. The number of urea groups is 1. The SMILES string of the molecule is NC(=O)NC(=O)Cn1ccc(C(F)(F)F)n1. The van der Waals surface area contributed by atoms with Crippen LogP contribution in [0.2, 0.25) is 0 Å². The maximum absolute atomic E-state index is 12.1. The Balaban J connectivity index is 2.66. The molecule has 1 rings (SSSR count). The first-order valence-corrected chi connectivity index (χ1v) is 3.99. The van der Waals surface area contributed by atoms with Gasteiger partial charge in [0.25, 0.3) is 0 Å². The molecule has 1 aromatic rings. The molecular formula is C7H7F3N4O2. The van der Waals surface area contributed by atoms with Crippen LogP contribution < -0.4 is 11.1 Å². The summed E-state index contributed by atoms with van der Waals surface area (Å²) >= 11 is 0. The number of amides is 3. The summed E-state index contributed by atoms with van der Waals surface area (Å²) in [7, 11) is 0. The molecule has 0 aliphatic carbocycles. The Bertz CT molecular complexity index is 412. The lowest BCUT2D eigenvalue weighted by Crippen LogP contribution is -2.37. The number of aromatic nitrogens is 2. The van der Waals surface area contributed by atoms with Gasteiger partial charge < -0.3 is 5.73 Å². The summed E-state index contributed by atoms with van der Waals surface area (Å²) in [6, 6.07) is -0.356. The zero-order valence-electron chi connectivity index (χ0n) is 7.78. The Kier molecular flexibility index (Phi) is 3.16. The molecule has 88 valence electrons. The van der Waals surface area contributed by atoms with Gasteiger partial charge in [-0.15, -0.1) is 0 Å². The van der Waals surface area contributed by atoms with Gasteiger partial charge in [0, 0.05) is 6.20 Å². The smallest absolute Gasteiger partial charge is 0.351 e. The number of hydrogen-bond acceptors (Lipinski definition) is 3. The molecule has 9 heteroatoms. The van der Waals surface area contributed by atoms with Crippen LogP contribution in [0.5, 0.6) is 0 Å². The van der Waals surface area contributed by atoms with Crippen molar-refractivity contribution in [3.63, 3.8) is 0 Å². The molecule has 16 heavy (non-hydrogen) atoms. The van der Waals surface area contributed by atoms with E-state index in [1.54, 1.807) is 5.32 Å². The average molecular weight is 236 g/mol. The van der Waals surface area contributed by atoms with Crippen molar-refractivity contribution in [1.82, 2.24) is 15.1 Å². The van der Waals surface area contributed by atoms with Crippen molar-refractivity contribution >= 4 is 11.9 Å². The van der Waals surface area contributed by atoms with Crippen LogP contribution in [0.3, 0.4) is 0 Å². The highest BCUT2D eigenvalue weighted by molar-refractivity contribution is 5.93. The minimum Gasteiger partial charge on any atom is -0.351 e. The molecule has 3 N–H and O–H groups in total. The van der Waals surface area contributed by atoms with Crippen molar-refractivity contribution in [3.05, 3.63) is 18.0 Å². The third kappa shape index (κ3) is 3.26. The van der Waals surface area contributed by atoms with Gasteiger partial charge in [-0.3, -0.25) is 14.8 Å². The van der Waals surface area contributed by atoms with Crippen LogP contribution in [0.4, 0.5) is 18.0 Å². The van der Waals surface area contributed by atoms with Crippen molar-refractivity contribution in [2.45, 2.75) is 12.7 Å². The lowest BCUT2D eigenvalue weighted by atomic mass is 10.4. The number of carbonyl (C=O) groups is 2. The third-order valence-electron chi connectivity index (χ3n) is 1.50. The summed E-state index contributed by atoms with van der Waals surface area (Å²) < 4.78 is 37.0. The number of hydrogen-bond donors (Lipinski definition) is 2. The van der Waals surface area contributed by atoms with Gasteiger partial charge in [-0.1, -0.05) is 0 Å². The number of nitrogens with zero attached hydrogens (tertiary/aromatic N) is 2. The van der Waals surface area contributed by atoms with Gasteiger partial charge in [0.05, 0.1) is 0 Å². The number of halogens is 3. The van der Waals surface area contributed by atoms with Crippen LogP contribution >= 0.6 is 0 Å². The van der Waals surface area contributed by atoms with Crippen molar-refractivity contribution in [2.75, 3.05) is 0 Å². The van der Waals surface area contributed by atoms with Crippen LogP contribution in [0.1, 0.15) is 5.69 Å². The zero-order valence-corrected chi connectivity index (χ0v) is 7.78. The molecule has 0 aliphatic heterocycles. The van der Waals surface area contributed by atoms with Gasteiger partial charge >= 0.3 is 12.2 Å². The summed E-state index contributed by atoms with van der Waals surface area (Å²) in [5.74, 6) is -0.843. The number of nitrogens with two attached hydrogens (primary N) is 1. The Morgan fingerprint density at radius 1 is 1.50 bits per heavy atom. The minimum absolute atomic E-state index is 0.515. The first kappa shape index (κ1) is 12.0. The molecule has 0 fully saturated rings. The monoisotopic (exact) mass is 236 g/mol. The van der Waals surface area contributed by atoms with E-state index < -0.39 is 30.4 Å². The molecule has 0 radical (unpaired) electrons. The van der Waals surface area contributed by atoms with Gasteiger partial charge in [-0.05, 0) is 6.07 Å². The molecule has 0 bridgehead atoms. The lowest BCUT2D eigenvalue weighted by molar-refractivity contribution is -0.141. The molecule has 6 nitrogen and oxygen atoms in total. The predicted molar refractivity (Wildman–Crippen MR) is 45.0 cm³/mol. The lowest BCUT2D eigenvalue weighted by Gasteiger charge is -2.02. The number of nitrogens with one attached hydrogen (secondary N) is 1. The summed E-state index contributed by atoms with van der Waals surface area (Å²) in [6.07, 6.45) is -3.59. The van der Waals surface area contributed by atoms with E-state index in [9.17, 15) is 22.8 Å². The molecule has 0 spiro atoms. The molecule has 1 aromatic heterocycles. The number of primary amides is 1. The van der Waals surface area contributed by atoms with Gasteiger partial charge in [0.15, 0.2) is 5.69 Å². The summed E-state index contributed by atoms with van der Waals surface area (Å²) in [5, 5.41) is 4.80. The quantitative estimate of drug-likeness (QED) is 0.762. The maximum atomic E-state index is 12.1. The van der Waals surface area contributed by atoms with Gasteiger partial charge in [-0.2, -0.15) is 18.3 Å². The third-order valence-corrected chi connectivity index (χ3v) is 1.50. The highest BCUT2D eigenvalue weighted by atomic mass is 19.4. The first-order valence-electron chi connectivity index (χ1n) is 3.99. The van der Waals surface area contributed by atoms with E-state index in [2.05, 4.69) is 10.8 Å². The highest BCUT2D eigenvalue weighted by Crippen LogP contribution is 2.27. The fourth-order valence-electron chi connectivity index (χ4n) is 0.925. The van der Waals surface area contributed by atoms with Crippen LogP contribution in [0.15, 0.2) is 12.3 Å². The normalized spacial score (nSPS) is 11.2.